The number of hydrogen-bond acceptors (Lipinski definition) is 7. The third-order valence-corrected chi connectivity index (χ3v) is 8.69. The van der Waals surface area contributed by atoms with Gasteiger partial charge >= 0.3 is 0 Å². The van der Waals surface area contributed by atoms with Crippen LogP contribution in [0.15, 0.2) is 0 Å². The maximum Gasteiger partial charge on any atom is 0.176 e. The summed E-state index contributed by atoms with van der Waals surface area (Å²) in [4.78, 5) is 13.6. The fraction of sp³-hybridized carbons (Fsp3) is 0.952. The van der Waals surface area contributed by atoms with Crippen molar-refractivity contribution < 1.29 is 34.0 Å². The Morgan fingerprint density at radius 1 is 1.14 bits per heavy atom. The van der Waals surface area contributed by atoms with Crippen LogP contribution >= 0.6 is 0 Å². The minimum Gasteiger partial charge on any atom is -0.392 e. The molecule has 2 N–H and O–H groups in total. The second kappa shape index (κ2) is 5.56. The molecule has 5 aliphatic rings. The Morgan fingerprint density at radius 2 is 1.86 bits per heavy atom. The van der Waals surface area contributed by atoms with E-state index in [0.717, 1.165) is 12.8 Å². The molecule has 28 heavy (non-hydrogen) atoms. The van der Waals surface area contributed by atoms with Crippen LogP contribution in [0.5, 0.6) is 0 Å². The largest absolute Gasteiger partial charge is 0.392 e. The molecule has 2 saturated carbocycles. The lowest BCUT2D eigenvalue weighted by Crippen LogP contribution is -2.73. The smallest absolute Gasteiger partial charge is 0.176 e. The van der Waals surface area contributed by atoms with E-state index in [1.54, 1.807) is 0 Å². The van der Waals surface area contributed by atoms with Gasteiger partial charge in [-0.2, -0.15) is 0 Å². The molecule has 0 aromatic rings. The van der Waals surface area contributed by atoms with Crippen LogP contribution in [-0.2, 0) is 23.7 Å². The Morgan fingerprint density at radius 3 is 2.54 bits per heavy atom. The number of aliphatic hydroxyl groups excluding tert-OH is 1. The zero-order valence-electron chi connectivity index (χ0n) is 17.3. The lowest BCUT2D eigenvalue weighted by molar-refractivity contribution is -0.432. The summed E-state index contributed by atoms with van der Waals surface area (Å²) in [7, 11) is 1.54. The first-order chi connectivity index (χ1) is 13.0. The maximum atomic E-state index is 13.6. The van der Waals surface area contributed by atoms with E-state index in [9.17, 15) is 15.0 Å². The average molecular weight is 396 g/mol. The molecule has 2 aliphatic carbocycles. The quantitative estimate of drug-likeness (QED) is 0.695. The van der Waals surface area contributed by atoms with Gasteiger partial charge in [-0.15, -0.1) is 0 Å². The summed E-state index contributed by atoms with van der Waals surface area (Å²) in [6, 6.07) is 0. The van der Waals surface area contributed by atoms with Gasteiger partial charge in [0.15, 0.2) is 24.7 Å². The van der Waals surface area contributed by atoms with Gasteiger partial charge in [0.05, 0.1) is 28.6 Å². The Bertz CT molecular complexity index is 705. The number of carbonyl (C=O) groups excluding carboxylic acids is 1. The Balaban J connectivity index is 1.59. The van der Waals surface area contributed by atoms with Crippen LogP contribution in [0.3, 0.4) is 0 Å². The van der Waals surface area contributed by atoms with Gasteiger partial charge in [0, 0.05) is 24.9 Å². The van der Waals surface area contributed by atoms with Crippen LogP contribution in [-0.4, -0.2) is 59.3 Å². The van der Waals surface area contributed by atoms with E-state index in [0.29, 0.717) is 12.8 Å². The van der Waals surface area contributed by atoms with Crippen molar-refractivity contribution in [2.45, 2.75) is 89.6 Å². The van der Waals surface area contributed by atoms with E-state index >= 15 is 0 Å². The van der Waals surface area contributed by atoms with Crippen molar-refractivity contribution >= 4 is 5.78 Å². The minimum atomic E-state index is -0.914. The number of aliphatic hydroxyl groups is 2. The molecule has 0 aromatic heterocycles. The van der Waals surface area contributed by atoms with Gasteiger partial charge in [-0.3, -0.25) is 4.79 Å². The maximum absolute atomic E-state index is 13.6. The Hall–Kier alpha value is -0.570. The molecule has 7 nitrogen and oxygen atoms in total. The molecule has 7 heteroatoms. The van der Waals surface area contributed by atoms with Gasteiger partial charge in [0.1, 0.15) is 0 Å². The highest BCUT2D eigenvalue weighted by Crippen LogP contribution is 2.68. The van der Waals surface area contributed by atoms with Crippen molar-refractivity contribution in [2.24, 2.45) is 28.6 Å². The molecule has 3 saturated heterocycles. The highest BCUT2D eigenvalue weighted by atomic mass is 16.8. The predicted octanol–water partition coefficient (Wildman–Crippen LogP) is 1.59. The predicted molar refractivity (Wildman–Crippen MR) is 96.8 cm³/mol. The Kier molecular flexibility index (Phi) is 3.85. The van der Waals surface area contributed by atoms with Gasteiger partial charge in [0.2, 0.25) is 0 Å². The number of Topliss-reactive ketones (excluding diaryl/α,β-unsaturated/α-hetero) is 1. The van der Waals surface area contributed by atoms with E-state index in [-0.39, 0.29) is 17.6 Å². The van der Waals surface area contributed by atoms with Gasteiger partial charge in [-0.1, -0.05) is 0 Å². The molecule has 10 atom stereocenters. The monoisotopic (exact) mass is 396 g/mol. The van der Waals surface area contributed by atoms with Crippen molar-refractivity contribution in [3.05, 3.63) is 0 Å². The number of rotatable bonds is 1. The first-order valence-electron chi connectivity index (χ1n) is 10.4. The number of methoxy groups -OCH3 is 1. The Labute approximate surface area is 165 Å². The van der Waals surface area contributed by atoms with Crippen LogP contribution in [0, 0.1) is 28.6 Å². The molecule has 0 aromatic carbocycles. The van der Waals surface area contributed by atoms with E-state index in [1.807, 2.05) is 27.7 Å². The molecular formula is C21H32O7. The topological polar surface area (TPSA) is 94.5 Å². The van der Waals surface area contributed by atoms with Crippen molar-refractivity contribution in [1.29, 1.82) is 0 Å². The lowest BCUT2D eigenvalue weighted by Gasteiger charge is -2.64. The fourth-order valence-corrected chi connectivity index (χ4v) is 7.50. The van der Waals surface area contributed by atoms with Gasteiger partial charge in [0.25, 0.3) is 0 Å². The second-order valence-corrected chi connectivity index (χ2v) is 10.7. The SMILES string of the molecule is CO[C@@H]1O[C@H]2O[C@@H]3CC45C[C@@](C)(O)[C@H](CC[C@H]4[C@](C)(O3)[C@H]2C(=O)C1(C)C)[C@H]5O. The molecule has 1 unspecified atom stereocenters. The van der Waals surface area contributed by atoms with Crippen molar-refractivity contribution in [3.63, 3.8) is 0 Å². The summed E-state index contributed by atoms with van der Waals surface area (Å²) in [6.07, 6.45) is -0.0421. The first kappa shape index (κ1) is 19.4. The number of ether oxygens (including phenoxy) is 4. The highest BCUT2D eigenvalue weighted by molar-refractivity contribution is 5.89. The molecule has 3 heterocycles. The van der Waals surface area contributed by atoms with Crippen LogP contribution < -0.4 is 0 Å². The van der Waals surface area contributed by atoms with Crippen LogP contribution in [0.1, 0.15) is 53.4 Å². The number of hydrogen-bond donors (Lipinski definition) is 2. The first-order valence-corrected chi connectivity index (χ1v) is 10.4. The summed E-state index contributed by atoms with van der Waals surface area (Å²) in [5.41, 5.74) is -3.06. The summed E-state index contributed by atoms with van der Waals surface area (Å²) in [5.74, 6) is -0.776. The zero-order chi connectivity index (χ0) is 20.3. The molecule has 5 rings (SSSR count). The molecule has 4 bridgehead atoms. The van der Waals surface area contributed by atoms with E-state index in [1.165, 1.54) is 7.11 Å². The number of fused-ring (bicyclic) bond motifs is 6. The summed E-state index contributed by atoms with van der Waals surface area (Å²) in [6.45, 7) is 7.48. The third kappa shape index (κ3) is 2.13. The van der Waals surface area contributed by atoms with E-state index in [4.69, 9.17) is 18.9 Å². The number of ketones is 1. The summed E-state index contributed by atoms with van der Waals surface area (Å²) in [5, 5.41) is 22.2. The average Bonchev–Trinajstić information content (AvgIpc) is 2.69. The van der Waals surface area contributed by atoms with Crippen LogP contribution in [0.25, 0.3) is 0 Å². The normalized spacial score (nSPS) is 59.5. The second-order valence-electron chi connectivity index (χ2n) is 10.7. The lowest BCUT2D eigenvalue weighted by atomic mass is 9.52. The van der Waals surface area contributed by atoms with Gasteiger partial charge < -0.3 is 29.2 Å². The van der Waals surface area contributed by atoms with Crippen molar-refractivity contribution in [2.75, 3.05) is 7.11 Å². The summed E-state index contributed by atoms with van der Waals surface area (Å²) >= 11 is 0. The molecule has 1 spiro atoms. The molecular weight excluding hydrogens is 364 g/mol. The van der Waals surface area contributed by atoms with Gasteiger partial charge in [-0.25, -0.2) is 0 Å². The van der Waals surface area contributed by atoms with Crippen LogP contribution in [0.4, 0.5) is 0 Å². The molecule has 5 fully saturated rings. The molecule has 0 radical (unpaired) electrons. The van der Waals surface area contributed by atoms with Crippen molar-refractivity contribution in [1.82, 2.24) is 0 Å². The summed E-state index contributed by atoms with van der Waals surface area (Å²) < 4.78 is 24.0. The molecule has 3 aliphatic heterocycles. The van der Waals surface area contributed by atoms with Gasteiger partial charge in [-0.05, 0) is 52.9 Å². The van der Waals surface area contributed by atoms with Crippen molar-refractivity contribution in [3.8, 4) is 0 Å². The van der Waals surface area contributed by atoms with E-state index < -0.39 is 52.9 Å². The van der Waals surface area contributed by atoms with E-state index in [2.05, 4.69) is 0 Å². The number of carbonyl (C=O) groups is 1. The zero-order valence-corrected chi connectivity index (χ0v) is 17.3. The molecule has 0 amide bonds. The molecule has 158 valence electrons. The highest BCUT2D eigenvalue weighted by Gasteiger charge is 2.74. The van der Waals surface area contributed by atoms with Crippen LogP contribution in [0.2, 0.25) is 0 Å². The third-order valence-electron chi connectivity index (χ3n) is 8.69. The standard InChI is InChI=1S/C21H32O7/c1-18(2)15(23)13-16(27-17(18)25-5)26-12-8-21-9-19(3,24)10(14(21)22)6-7-11(21)20(13,4)28-12/h10-14,16-17,22,24H,6-9H2,1-5H3/t10-,11+,12+,13+,14-,16-,17-,19-,20+,21?/m1/s1. The minimum absolute atomic E-state index is 0.00923. The fourth-order valence-electron chi connectivity index (χ4n) is 7.50.